The first-order valence-corrected chi connectivity index (χ1v) is 9.93. The zero-order valence-electron chi connectivity index (χ0n) is 15.6. The number of nitrogens with zero attached hydrogens (tertiary/aromatic N) is 2. The molecule has 0 saturated heterocycles. The van der Waals surface area contributed by atoms with E-state index >= 15 is 0 Å². The monoisotopic (exact) mass is 507 g/mol. The third-order valence-electron chi connectivity index (χ3n) is 3.61. The number of guanidine groups is 1. The van der Waals surface area contributed by atoms with Gasteiger partial charge in [0.05, 0.1) is 23.7 Å². The Kier molecular flexibility index (Phi) is 9.19. The number of hydrogen-bond acceptors (Lipinski definition) is 5. The molecular formula is C17H26IN5O3S. The fourth-order valence-electron chi connectivity index (χ4n) is 2.15. The number of benzene rings is 1. The summed E-state index contributed by atoms with van der Waals surface area (Å²) >= 11 is 0. The van der Waals surface area contributed by atoms with Gasteiger partial charge in [-0.3, -0.25) is 0 Å². The minimum Gasteiger partial charge on any atom is -0.359 e. The first kappa shape index (κ1) is 23.4. The molecule has 0 unspecified atom stereocenters. The maximum atomic E-state index is 11.3. The smallest absolute Gasteiger partial charge is 0.238 e. The van der Waals surface area contributed by atoms with E-state index < -0.39 is 10.0 Å². The average molecular weight is 507 g/mol. The molecule has 27 heavy (non-hydrogen) atoms. The van der Waals surface area contributed by atoms with Crippen molar-refractivity contribution in [3.63, 3.8) is 0 Å². The molecule has 0 aliphatic rings. The second-order valence-corrected chi connectivity index (χ2v) is 7.67. The van der Waals surface area contributed by atoms with Crippen molar-refractivity contribution in [1.82, 2.24) is 15.8 Å². The highest BCUT2D eigenvalue weighted by Gasteiger charge is 2.09. The molecule has 0 aliphatic carbocycles. The second kappa shape index (κ2) is 10.6. The van der Waals surface area contributed by atoms with Crippen LogP contribution in [0.25, 0.3) is 0 Å². The molecule has 0 amide bonds. The summed E-state index contributed by atoms with van der Waals surface area (Å²) in [5, 5.41) is 15.5. The zero-order valence-corrected chi connectivity index (χ0v) is 18.7. The van der Waals surface area contributed by atoms with Crippen LogP contribution in [0.1, 0.15) is 43.7 Å². The van der Waals surface area contributed by atoms with Crippen molar-refractivity contribution in [3.8, 4) is 0 Å². The van der Waals surface area contributed by atoms with Gasteiger partial charge >= 0.3 is 0 Å². The van der Waals surface area contributed by atoms with E-state index in [-0.39, 0.29) is 28.9 Å². The number of rotatable bonds is 7. The Bertz CT molecular complexity index is 848. The normalized spacial score (nSPS) is 12.0. The Morgan fingerprint density at radius 3 is 2.44 bits per heavy atom. The number of primary sulfonamides is 1. The van der Waals surface area contributed by atoms with E-state index in [0.717, 1.165) is 17.0 Å². The average Bonchev–Trinajstić information content (AvgIpc) is 3.06. The summed E-state index contributed by atoms with van der Waals surface area (Å²) in [6.07, 6.45) is 0. The van der Waals surface area contributed by atoms with E-state index in [1.54, 1.807) is 12.1 Å². The van der Waals surface area contributed by atoms with Crippen LogP contribution >= 0.6 is 24.0 Å². The first-order valence-electron chi connectivity index (χ1n) is 8.39. The van der Waals surface area contributed by atoms with Crippen molar-refractivity contribution in [3.05, 3.63) is 47.3 Å². The quantitative estimate of drug-likeness (QED) is 0.301. The molecule has 1 aromatic heterocycles. The van der Waals surface area contributed by atoms with Crippen LogP contribution in [-0.4, -0.2) is 26.1 Å². The molecule has 1 aromatic carbocycles. The third kappa shape index (κ3) is 7.46. The SMILES string of the molecule is CCNC(=NCc1ccc(S(N)(=O)=O)cc1)NCc1cc(C(C)C)no1.I. The van der Waals surface area contributed by atoms with Gasteiger partial charge in [-0.05, 0) is 30.5 Å². The van der Waals surface area contributed by atoms with Gasteiger partial charge in [0.1, 0.15) is 0 Å². The molecule has 0 aliphatic heterocycles. The summed E-state index contributed by atoms with van der Waals surface area (Å²) in [5.41, 5.74) is 1.79. The zero-order chi connectivity index (χ0) is 19.2. The van der Waals surface area contributed by atoms with E-state index in [4.69, 9.17) is 9.66 Å². The molecule has 0 atom stereocenters. The number of nitrogens with one attached hydrogen (secondary N) is 2. The van der Waals surface area contributed by atoms with Crippen molar-refractivity contribution in [2.45, 2.75) is 44.7 Å². The molecule has 10 heteroatoms. The van der Waals surface area contributed by atoms with Crippen molar-refractivity contribution < 1.29 is 12.9 Å². The molecule has 0 saturated carbocycles. The topological polar surface area (TPSA) is 123 Å². The molecule has 8 nitrogen and oxygen atoms in total. The highest BCUT2D eigenvalue weighted by molar-refractivity contribution is 14.0. The number of nitrogens with two attached hydrogens (primary N) is 1. The van der Waals surface area contributed by atoms with Crippen LogP contribution < -0.4 is 15.8 Å². The van der Waals surface area contributed by atoms with Gasteiger partial charge in [0.15, 0.2) is 11.7 Å². The van der Waals surface area contributed by atoms with Crippen LogP contribution in [0, 0.1) is 0 Å². The molecule has 1 heterocycles. The molecule has 150 valence electrons. The van der Waals surface area contributed by atoms with Gasteiger partial charge in [0, 0.05) is 12.6 Å². The Morgan fingerprint density at radius 1 is 1.26 bits per heavy atom. The van der Waals surface area contributed by atoms with Gasteiger partial charge in [-0.2, -0.15) is 0 Å². The summed E-state index contributed by atoms with van der Waals surface area (Å²) in [5.74, 6) is 1.68. The number of sulfonamides is 1. The number of halogens is 1. The Balaban J connectivity index is 0.00000364. The molecule has 0 radical (unpaired) electrons. The second-order valence-electron chi connectivity index (χ2n) is 6.11. The van der Waals surface area contributed by atoms with E-state index in [2.05, 4.69) is 34.6 Å². The Labute approximate surface area is 177 Å². The molecule has 0 fully saturated rings. The van der Waals surface area contributed by atoms with E-state index in [0.29, 0.717) is 31.5 Å². The van der Waals surface area contributed by atoms with Crippen LogP contribution in [0.5, 0.6) is 0 Å². The highest BCUT2D eigenvalue weighted by atomic mass is 127. The van der Waals surface area contributed by atoms with Crippen molar-refractivity contribution in [1.29, 1.82) is 0 Å². The summed E-state index contributed by atoms with van der Waals surface area (Å²) in [7, 11) is -3.68. The van der Waals surface area contributed by atoms with Crippen LogP contribution in [0.15, 0.2) is 44.7 Å². The molecule has 4 N–H and O–H groups in total. The fourth-order valence-corrected chi connectivity index (χ4v) is 2.67. The maximum absolute atomic E-state index is 11.3. The lowest BCUT2D eigenvalue weighted by Gasteiger charge is -2.10. The fraction of sp³-hybridized carbons (Fsp3) is 0.412. The lowest BCUT2D eigenvalue weighted by atomic mass is 10.1. The van der Waals surface area contributed by atoms with E-state index in [1.165, 1.54) is 12.1 Å². The first-order chi connectivity index (χ1) is 12.3. The van der Waals surface area contributed by atoms with Gasteiger partial charge in [-0.25, -0.2) is 18.5 Å². The Morgan fingerprint density at radius 2 is 1.93 bits per heavy atom. The van der Waals surface area contributed by atoms with Gasteiger partial charge in [0.2, 0.25) is 10.0 Å². The van der Waals surface area contributed by atoms with Crippen molar-refractivity contribution in [2.75, 3.05) is 6.54 Å². The lowest BCUT2D eigenvalue weighted by Crippen LogP contribution is -2.36. The lowest BCUT2D eigenvalue weighted by molar-refractivity contribution is 0.372. The van der Waals surface area contributed by atoms with Gasteiger partial charge < -0.3 is 15.2 Å². The Hall–Kier alpha value is -1.66. The number of aromatic nitrogens is 1. The van der Waals surface area contributed by atoms with Gasteiger partial charge in [-0.15, -0.1) is 24.0 Å². The largest absolute Gasteiger partial charge is 0.359 e. The highest BCUT2D eigenvalue weighted by Crippen LogP contribution is 2.13. The molecule has 0 bridgehead atoms. The van der Waals surface area contributed by atoms with Crippen LogP contribution in [0.4, 0.5) is 0 Å². The van der Waals surface area contributed by atoms with E-state index in [9.17, 15) is 8.42 Å². The standard InChI is InChI=1S/C17H25N5O3S.HI/c1-4-19-17(21-11-14-9-16(12(2)3)22-25-14)20-10-13-5-7-15(8-6-13)26(18,23)24;/h5-9,12H,4,10-11H2,1-3H3,(H2,18,23,24)(H2,19,20,21);1H. The van der Waals surface area contributed by atoms with Crippen molar-refractivity contribution >= 4 is 40.0 Å². The predicted octanol–water partition coefficient (Wildman–Crippen LogP) is 2.32. The molecule has 2 rings (SSSR count). The maximum Gasteiger partial charge on any atom is 0.238 e. The minimum atomic E-state index is -3.68. The van der Waals surface area contributed by atoms with Crippen LogP contribution in [-0.2, 0) is 23.1 Å². The predicted molar refractivity (Wildman–Crippen MR) is 115 cm³/mol. The summed E-state index contributed by atoms with van der Waals surface area (Å²) in [6, 6.07) is 8.26. The van der Waals surface area contributed by atoms with Crippen LogP contribution in [0.3, 0.4) is 0 Å². The summed E-state index contributed by atoms with van der Waals surface area (Å²) < 4.78 is 27.8. The summed E-state index contributed by atoms with van der Waals surface area (Å²) in [6.45, 7) is 7.67. The van der Waals surface area contributed by atoms with Gasteiger partial charge in [-0.1, -0.05) is 31.1 Å². The third-order valence-corrected chi connectivity index (χ3v) is 4.54. The molecule has 0 spiro atoms. The van der Waals surface area contributed by atoms with Gasteiger partial charge in [0.25, 0.3) is 0 Å². The molecule has 2 aromatic rings. The van der Waals surface area contributed by atoms with Crippen LogP contribution in [0.2, 0.25) is 0 Å². The van der Waals surface area contributed by atoms with Crippen molar-refractivity contribution in [2.24, 2.45) is 10.1 Å². The molecular weight excluding hydrogens is 481 g/mol. The number of aliphatic imine (C=N–C) groups is 1. The minimum absolute atomic E-state index is 0. The number of hydrogen-bond donors (Lipinski definition) is 3. The summed E-state index contributed by atoms with van der Waals surface area (Å²) in [4.78, 5) is 4.57. The van der Waals surface area contributed by atoms with E-state index in [1.807, 2.05) is 13.0 Å².